The fourth-order valence-corrected chi connectivity index (χ4v) is 3.52. The van der Waals surface area contributed by atoms with Crippen LogP contribution in [0.3, 0.4) is 0 Å². The number of nitrogens with zero attached hydrogens (tertiary/aromatic N) is 4. The Labute approximate surface area is 142 Å². The number of unbranched alkanes of at least 4 members (excludes halogenated alkanes) is 1. The van der Waals surface area contributed by atoms with Crippen LogP contribution in [0.4, 0.5) is 5.82 Å². The number of anilines is 1. The standard InChI is InChI=1S/C14H21N5O4S/c1-2-3-4-24-14-17-11(15)8-12(18-14)19(6-16-8)13-10(22)9(21)7(5-20)23-13/h6-7,9-10,13,20-22H,2-5H2,1H3,(H2,15,17,18)/t7-,9?,10?,13-/m1/s1. The number of rotatable bonds is 6. The Kier molecular flexibility index (Phi) is 5.21. The van der Waals surface area contributed by atoms with Crippen molar-refractivity contribution >= 4 is 28.7 Å². The van der Waals surface area contributed by atoms with Gasteiger partial charge in [0.15, 0.2) is 22.8 Å². The third kappa shape index (κ3) is 3.07. The molecule has 132 valence electrons. The number of imidazole rings is 1. The third-order valence-electron chi connectivity index (χ3n) is 3.95. The first-order chi connectivity index (χ1) is 11.6. The van der Waals surface area contributed by atoms with E-state index in [4.69, 9.17) is 10.5 Å². The van der Waals surface area contributed by atoms with Crippen LogP contribution in [0, 0.1) is 0 Å². The van der Waals surface area contributed by atoms with E-state index in [0.29, 0.717) is 16.3 Å². The summed E-state index contributed by atoms with van der Waals surface area (Å²) in [4.78, 5) is 12.9. The Hall–Kier alpha value is -1.46. The summed E-state index contributed by atoms with van der Waals surface area (Å²) in [5, 5.41) is 29.9. The van der Waals surface area contributed by atoms with Crippen LogP contribution < -0.4 is 5.73 Å². The average molecular weight is 355 g/mol. The lowest BCUT2D eigenvalue weighted by Crippen LogP contribution is -2.33. The highest BCUT2D eigenvalue weighted by Crippen LogP contribution is 2.32. The van der Waals surface area contributed by atoms with Crippen molar-refractivity contribution in [3.63, 3.8) is 0 Å². The Balaban J connectivity index is 1.94. The van der Waals surface area contributed by atoms with Gasteiger partial charge in [0.1, 0.15) is 23.8 Å². The summed E-state index contributed by atoms with van der Waals surface area (Å²) in [7, 11) is 0. The van der Waals surface area contributed by atoms with Gasteiger partial charge in [0, 0.05) is 5.75 Å². The SMILES string of the molecule is CCCCSc1nc(N)c2ncn([C@@H]3O[C@H](CO)C(O)C3O)c2n1. The second-order valence-electron chi connectivity index (χ2n) is 5.65. The highest BCUT2D eigenvalue weighted by Gasteiger charge is 2.44. The van der Waals surface area contributed by atoms with E-state index in [1.807, 2.05) is 0 Å². The summed E-state index contributed by atoms with van der Waals surface area (Å²) in [5.74, 6) is 1.13. The van der Waals surface area contributed by atoms with Crippen LogP contribution in [0.2, 0.25) is 0 Å². The van der Waals surface area contributed by atoms with Crippen molar-refractivity contribution in [2.24, 2.45) is 0 Å². The van der Waals surface area contributed by atoms with Crippen LogP contribution in [-0.2, 0) is 4.74 Å². The van der Waals surface area contributed by atoms with E-state index in [0.717, 1.165) is 18.6 Å². The monoisotopic (exact) mass is 355 g/mol. The molecule has 1 aliphatic heterocycles. The molecule has 1 aliphatic rings. The highest BCUT2D eigenvalue weighted by atomic mass is 32.2. The zero-order valence-corrected chi connectivity index (χ0v) is 14.1. The Morgan fingerprint density at radius 1 is 1.33 bits per heavy atom. The Bertz CT molecular complexity index is 712. The molecule has 3 heterocycles. The molecule has 0 bridgehead atoms. The molecule has 1 fully saturated rings. The fraction of sp³-hybridized carbons (Fsp3) is 0.643. The number of nitrogens with two attached hydrogens (primary N) is 1. The van der Waals surface area contributed by atoms with Crippen molar-refractivity contribution < 1.29 is 20.1 Å². The number of thioether (sulfide) groups is 1. The van der Waals surface area contributed by atoms with Crippen LogP contribution >= 0.6 is 11.8 Å². The van der Waals surface area contributed by atoms with Gasteiger partial charge in [0.2, 0.25) is 0 Å². The summed E-state index contributed by atoms with van der Waals surface area (Å²) in [6.07, 6.45) is -0.589. The summed E-state index contributed by atoms with van der Waals surface area (Å²) >= 11 is 1.50. The minimum absolute atomic E-state index is 0.254. The predicted molar refractivity (Wildman–Crippen MR) is 88.4 cm³/mol. The van der Waals surface area contributed by atoms with Crippen LogP contribution in [-0.4, -0.2) is 65.5 Å². The molecule has 0 spiro atoms. The van der Waals surface area contributed by atoms with Gasteiger partial charge in [-0.25, -0.2) is 15.0 Å². The third-order valence-corrected chi connectivity index (χ3v) is 4.88. The maximum atomic E-state index is 10.2. The number of hydrogen-bond donors (Lipinski definition) is 4. The molecule has 0 saturated carbocycles. The van der Waals surface area contributed by atoms with E-state index in [1.54, 1.807) is 0 Å². The van der Waals surface area contributed by atoms with Gasteiger partial charge >= 0.3 is 0 Å². The molecule has 0 radical (unpaired) electrons. The lowest BCUT2D eigenvalue weighted by atomic mass is 10.1. The first kappa shape index (κ1) is 17.4. The van der Waals surface area contributed by atoms with Gasteiger partial charge in [0.05, 0.1) is 12.9 Å². The number of aliphatic hydroxyl groups excluding tert-OH is 3. The molecule has 1 saturated heterocycles. The maximum absolute atomic E-state index is 10.2. The van der Waals surface area contributed by atoms with Gasteiger partial charge in [-0.1, -0.05) is 25.1 Å². The van der Waals surface area contributed by atoms with Crippen LogP contribution in [0.5, 0.6) is 0 Å². The van der Waals surface area contributed by atoms with E-state index in [2.05, 4.69) is 21.9 Å². The van der Waals surface area contributed by atoms with E-state index in [1.165, 1.54) is 22.7 Å². The smallest absolute Gasteiger partial charge is 0.191 e. The van der Waals surface area contributed by atoms with Crippen molar-refractivity contribution in [2.45, 2.75) is 49.5 Å². The molecule has 0 aliphatic carbocycles. The molecule has 24 heavy (non-hydrogen) atoms. The molecule has 3 rings (SSSR count). The molecule has 2 aromatic heterocycles. The largest absolute Gasteiger partial charge is 0.394 e. The number of nitrogen functional groups attached to an aromatic ring is 1. The highest BCUT2D eigenvalue weighted by molar-refractivity contribution is 7.99. The van der Waals surface area contributed by atoms with Crippen LogP contribution in [0.25, 0.3) is 11.2 Å². The van der Waals surface area contributed by atoms with Gasteiger partial charge in [0.25, 0.3) is 0 Å². The number of aliphatic hydroxyl groups is 3. The zero-order chi connectivity index (χ0) is 17.3. The van der Waals surface area contributed by atoms with E-state index < -0.39 is 31.1 Å². The summed E-state index contributed by atoms with van der Waals surface area (Å²) in [6, 6.07) is 0. The molecule has 9 nitrogen and oxygen atoms in total. The van der Waals surface area contributed by atoms with Crippen molar-refractivity contribution in [1.82, 2.24) is 19.5 Å². The maximum Gasteiger partial charge on any atom is 0.191 e. The van der Waals surface area contributed by atoms with Gasteiger partial charge in [-0.15, -0.1) is 0 Å². The number of ether oxygens (including phenoxy) is 1. The van der Waals surface area contributed by atoms with Crippen molar-refractivity contribution in [3.8, 4) is 0 Å². The van der Waals surface area contributed by atoms with E-state index in [9.17, 15) is 15.3 Å². The second kappa shape index (κ2) is 7.19. The molecule has 10 heteroatoms. The lowest BCUT2D eigenvalue weighted by molar-refractivity contribution is -0.0511. The van der Waals surface area contributed by atoms with Gasteiger partial charge in [-0.3, -0.25) is 4.57 Å². The molecular weight excluding hydrogens is 334 g/mol. The lowest BCUT2D eigenvalue weighted by Gasteiger charge is -2.16. The molecule has 2 unspecified atom stereocenters. The van der Waals surface area contributed by atoms with E-state index >= 15 is 0 Å². The van der Waals surface area contributed by atoms with E-state index in [-0.39, 0.29) is 5.82 Å². The average Bonchev–Trinajstić information content (AvgIpc) is 3.10. The summed E-state index contributed by atoms with van der Waals surface area (Å²) in [6.45, 7) is 1.71. The van der Waals surface area contributed by atoms with Crippen molar-refractivity contribution in [2.75, 3.05) is 18.1 Å². The topological polar surface area (TPSA) is 140 Å². The molecule has 5 N–H and O–H groups in total. The van der Waals surface area contributed by atoms with Gasteiger partial charge in [-0.2, -0.15) is 0 Å². The fourth-order valence-electron chi connectivity index (χ4n) is 2.59. The first-order valence-corrected chi connectivity index (χ1v) is 8.80. The second-order valence-corrected chi connectivity index (χ2v) is 6.71. The molecule has 4 atom stereocenters. The van der Waals surface area contributed by atoms with Gasteiger partial charge in [-0.05, 0) is 6.42 Å². The van der Waals surface area contributed by atoms with Crippen LogP contribution in [0.15, 0.2) is 11.5 Å². The molecular formula is C14H21N5O4S. The Morgan fingerprint density at radius 2 is 2.12 bits per heavy atom. The zero-order valence-electron chi connectivity index (χ0n) is 13.2. The molecule has 0 amide bonds. The summed E-state index contributed by atoms with van der Waals surface area (Å²) < 4.78 is 7.05. The number of fused-ring (bicyclic) bond motifs is 1. The number of aromatic nitrogens is 4. The van der Waals surface area contributed by atoms with Gasteiger partial charge < -0.3 is 25.8 Å². The van der Waals surface area contributed by atoms with Crippen LogP contribution in [0.1, 0.15) is 26.0 Å². The normalized spacial score (nSPS) is 27.2. The Morgan fingerprint density at radius 3 is 2.79 bits per heavy atom. The minimum Gasteiger partial charge on any atom is -0.394 e. The van der Waals surface area contributed by atoms with Crippen molar-refractivity contribution in [1.29, 1.82) is 0 Å². The molecule has 0 aromatic carbocycles. The summed E-state index contributed by atoms with van der Waals surface area (Å²) in [5.41, 5.74) is 6.79. The minimum atomic E-state index is -1.20. The quantitative estimate of drug-likeness (QED) is 0.318. The first-order valence-electron chi connectivity index (χ1n) is 7.82. The number of hydrogen-bond acceptors (Lipinski definition) is 9. The van der Waals surface area contributed by atoms with Crippen molar-refractivity contribution in [3.05, 3.63) is 6.33 Å². The predicted octanol–water partition coefficient (Wildman–Crippen LogP) is -0.0878. The molecule has 2 aromatic rings.